The van der Waals surface area contributed by atoms with Crippen LogP contribution in [0.5, 0.6) is 0 Å². The van der Waals surface area contributed by atoms with Gasteiger partial charge < -0.3 is 5.73 Å². The summed E-state index contributed by atoms with van der Waals surface area (Å²) < 4.78 is 40.6. The summed E-state index contributed by atoms with van der Waals surface area (Å²) in [5.41, 5.74) is 6.11. The summed E-state index contributed by atoms with van der Waals surface area (Å²) >= 11 is 1.02. The van der Waals surface area contributed by atoms with E-state index in [0.717, 1.165) is 42.8 Å². The van der Waals surface area contributed by atoms with Crippen LogP contribution < -0.4 is 10.5 Å². The van der Waals surface area contributed by atoms with Crippen molar-refractivity contribution in [1.82, 2.24) is 9.62 Å². The minimum absolute atomic E-state index is 0.0739. The summed E-state index contributed by atoms with van der Waals surface area (Å²) in [4.78, 5) is 13.7. The van der Waals surface area contributed by atoms with Crippen molar-refractivity contribution in [2.24, 2.45) is 11.7 Å². The van der Waals surface area contributed by atoms with Crippen LogP contribution in [0.2, 0.25) is 0 Å². The van der Waals surface area contributed by atoms with E-state index >= 15 is 0 Å². The quantitative estimate of drug-likeness (QED) is 0.730. The number of halogens is 1. The van der Waals surface area contributed by atoms with Crippen LogP contribution in [0.1, 0.15) is 28.1 Å². The molecule has 0 radical (unpaired) electrons. The maximum atomic E-state index is 13.3. The van der Waals surface area contributed by atoms with Gasteiger partial charge in [0, 0.05) is 18.5 Å². The van der Waals surface area contributed by atoms with Crippen molar-refractivity contribution in [1.29, 1.82) is 0 Å². The molecule has 3 N–H and O–H groups in total. The number of nitrogens with one attached hydrogen (secondary N) is 1. The van der Waals surface area contributed by atoms with Gasteiger partial charge in [0.2, 0.25) is 10.0 Å². The summed E-state index contributed by atoms with van der Waals surface area (Å²) in [6.07, 6.45) is 1.74. The Morgan fingerprint density at radius 3 is 2.67 bits per heavy atom. The number of likely N-dealkylation sites (tertiary alicyclic amines) is 1. The van der Waals surface area contributed by atoms with Crippen LogP contribution in [0, 0.1) is 11.7 Å². The van der Waals surface area contributed by atoms with Crippen molar-refractivity contribution in [3.8, 4) is 0 Å². The average Bonchev–Trinajstić information content (AvgIpc) is 3.13. The summed E-state index contributed by atoms with van der Waals surface area (Å²) in [5, 5.41) is 1.42. The lowest BCUT2D eigenvalue weighted by Gasteiger charge is -2.32. The third kappa shape index (κ3) is 5.35. The molecule has 0 bridgehead atoms. The topological polar surface area (TPSA) is 92.5 Å². The number of thiophene rings is 1. The molecule has 1 aromatic heterocycles. The highest BCUT2D eigenvalue weighted by Crippen LogP contribution is 2.21. The predicted octanol–water partition coefficient (Wildman–Crippen LogP) is 2.18. The molecule has 2 heterocycles. The van der Waals surface area contributed by atoms with Gasteiger partial charge in [0.05, 0.1) is 9.77 Å². The van der Waals surface area contributed by atoms with Crippen molar-refractivity contribution in [3.05, 3.63) is 52.0 Å². The second-order valence-corrected chi connectivity index (χ2v) is 9.39. The second-order valence-electron chi connectivity index (χ2n) is 6.71. The highest BCUT2D eigenvalue weighted by atomic mass is 32.2. The first-order valence-electron chi connectivity index (χ1n) is 8.68. The van der Waals surface area contributed by atoms with Gasteiger partial charge in [0.15, 0.2) is 0 Å². The Morgan fingerprint density at radius 2 is 2.04 bits per heavy atom. The van der Waals surface area contributed by atoms with Crippen LogP contribution in [0.15, 0.2) is 40.6 Å². The molecule has 1 amide bonds. The SMILES string of the molecule is NC(=O)c1cc(S(=O)(=O)NCC2CCN(Cc3cccc(F)c3)CC2)cs1. The van der Waals surface area contributed by atoms with E-state index in [4.69, 9.17) is 5.73 Å². The van der Waals surface area contributed by atoms with Crippen molar-refractivity contribution in [3.63, 3.8) is 0 Å². The smallest absolute Gasteiger partial charge is 0.258 e. The Morgan fingerprint density at radius 1 is 1.30 bits per heavy atom. The van der Waals surface area contributed by atoms with E-state index in [1.54, 1.807) is 12.1 Å². The molecule has 0 saturated carbocycles. The van der Waals surface area contributed by atoms with Crippen LogP contribution in [0.4, 0.5) is 4.39 Å². The zero-order chi connectivity index (χ0) is 19.4. The number of sulfonamides is 1. The zero-order valence-electron chi connectivity index (χ0n) is 14.7. The van der Waals surface area contributed by atoms with Crippen LogP contribution in [-0.2, 0) is 16.6 Å². The maximum Gasteiger partial charge on any atom is 0.258 e. The fourth-order valence-corrected chi connectivity index (χ4v) is 5.38. The highest BCUT2D eigenvalue weighted by molar-refractivity contribution is 7.89. The first-order chi connectivity index (χ1) is 12.8. The fourth-order valence-electron chi connectivity index (χ4n) is 3.14. The number of piperidine rings is 1. The first kappa shape index (κ1) is 19.9. The third-order valence-electron chi connectivity index (χ3n) is 4.69. The highest BCUT2D eigenvalue weighted by Gasteiger charge is 2.23. The molecule has 0 aliphatic carbocycles. The third-order valence-corrected chi connectivity index (χ3v) is 7.19. The molecular weight excluding hydrogens is 389 g/mol. The van der Waals surface area contributed by atoms with Gasteiger partial charge in [-0.2, -0.15) is 0 Å². The van der Waals surface area contributed by atoms with E-state index < -0.39 is 15.9 Å². The van der Waals surface area contributed by atoms with Gasteiger partial charge in [0.1, 0.15) is 5.82 Å². The van der Waals surface area contributed by atoms with Gasteiger partial charge in [0.25, 0.3) is 5.91 Å². The molecule has 1 aromatic carbocycles. The lowest BCUT2D eigenvalue weighted by molar-refractivity contribution is 0.100. The molecule has 1 aliphatic rings. The monoisotopic (exact) mass is 411 g/mol. The minimum Gasteiger partial charge on any atom is -0.365 e. The largest absolute Gasteiger partial charge is 0.365 e. The maximum absolute atomic E-state index is 13.3. The van der Waals surface area contributed by atoms with Crippen molar-refractivity contribution in [2.45, 2.75) is 24.3 Å². The lowest BCUT2D eigenvalue weighted by atomic mass is 9.97. The van der Waals surface area contributed by atoms with E-state index in [-0.39, 0.29) is 21.5 Å². The number of nitrogens with two attached hydrogens (primary N) is 1. The van der Waals surface area contributed by atoms with Crippen LogP contribution in [0.3, 0.4) is 0 Å². The van der Waals surface area contributed by atoms with E-state index in [9.17, 15) is 17.6 Å². The predicted molar refractivity (Wildman–Crippen MR) is 102 cm³/mol. The van der Waals surface area contributed by atoms with Gasteiger partial charge in [-0.05, 0) is 55.6 Å². The molecule has 0 unspecified atom stereocenters. The van der Waals surface area contributed by atoms with Gasteiger partial charge >= 0.3 is 0 Å². The van der Waals surface area contributed by atoms with Gasteiger partial charge in [-0.15, -0.1) is 11.3 Å². The van der Waals surface area contributed by atoms with Gasteiger partial charge in [-0.1, -0.05) is 12.1 Å². The van der Waals surface area contributed by atoms with E-state index in [1.165, 1.54) is 17.5 Å². The molecule has 6 nitrogen and oxygen atoms in total. The number of rotatable bonds is 7. The van der Waals surface area contributed by atoms with Gasteiger partial charge in [-0.3, -0.25) is 9.69 Å². The molecule has 0 atom stereocenters. The van der Waals surface area contributed by atoms with E-state index in [2.05, 4.69) is 9.62 Å². The molecule has 0 spiro atoms. The minimum atomic E-state index is -3.64. The number of hydrogen-bond donors (Lipinski definition) is 2. The van der Waals surface area contributed by atoms with Gasteiger partial charge in [-0.25, -0.2) is 17.5 Å². The molecule has 2 aromatic rings. The summed E-state index contributed by atoms with van der Waals surface area (Å²) in [6, 6.07) is 7.89. The molecule has 1 saturated heterocycles. The Hall–Kier alpha value is -1.81. The molecule has 27 heavy (non-hydrogen) atoms. The van der Waals surface area contributed by atoms with E-state index in [1.807, 2.05) is 6.07 Å². The molecular formula is C18H22FN3O3S2. The summed E-state index contributed by atoms with van der Waals surface area (Å²) in [6.45, 7) is 2.74. The molecule has 1 fully saturated rings. The zero-order valence-corrected chi connectivity index (χ0v) is 16.4. The standard InChI is InChI=1S/C18H22FN3O3S2/c19-15-3-1-2-14(8-15)11-22-6-4-13(5-7-22)10-21-27(24,25)16-9-17(18(20)23)26-12-16/h1-3,8-9,12-13,21H,4-7,10-11H2,(H2,20,23). The summed E-state index contributed by atoms with van der Waals surface area (Å²) in [7, 11) is -3.64. The van der Waals surface area contributed by atoms with Crippen molar-refractivity contribution in [2.75, 3.05) is 19.6 Å². The number of nitrogens with zero attached hydrogens (tertiary/aromatic N) is 1. The molecule has 146 valence electrons. The lowest BCUT2D eigenvalue weighted by Crippen LogP contribution is -2.38. The Labute approximate surface area is 162 Å². The fraction of sp³-hybridized carbons (Fsp3) is 0.389. The van der Waals surface area contributed by atoms with Crippen LogP contribution in [-0.4, -0.2) is 38.9 Å². The summed E-state index contributed by atoms with van der Waals surface area (Å²) in [5.74, 6) is -0.616. The number of amides is 1. The first-order valence-corrected chi connectivity index (χ1v) is 11.0. The van der Waals surface area contributed by atoms with E-state index in [0.29, 0.717) is 13.1 Å². The van der Waals surface area contributed by atoms with Crippen LogP contribution >= 0.6 is 11.3 Å². The normalized spacial score (nSPS) is 16.5. The number of benzene rings is 1. The number of primary amides is 1. The van der Waals surface area contributed by atoms with Crippen LogP contribution in [0.25, 0.3) is 0 Å². The van der Waals surface area contributed by atoms with Crippen molar-refractivity contribution >= 4 is 27.3 Å². The molecule has 3 rings (SSSR count). The molecule has 9 heteroatoms. The number of hydrogen-bond acceptors (Lipinski definition) is 5. The average molecular weight is 412 g/mol. The Kier molecular flexibility index (Phi) is 6.25. The Bertz CT molecular complexity index is 906. The number of carbonyl (C=O) groups is 1. The molecule has 1 aliphatic heterocycles. The Balaban J connectivity index is 1.48. The van der Waals surface area contributed by atoms with Crippen molar-refractivity contribution < 1.29 is 17.6 Å². The number of carbonyl (C=O) groups excluding carboxylic acids is 1. The second kappa shape index (κ2) is 8.47.